The number of nitrogens with zero attached hydrogens (tertiary/aromatic N) is 4. The fourth-order valence-electron chi connectivity index (χ4n) is 3.69. The standard InChI is InChI=1S/C17H23N5O/c23-17(19-13-6-2-1-3-7-13)14-12-16(21-10-4-5-11-21)22-15(20-14)8-9-18-22/h8-9,12-13H,1-7,10-11H2,(H,19,23). The SMILES string of the molecule is O=C(NC1CCCCC1)c1cc(N2CCCC2)n2nccc2n1. The Balaban J connectivity index is 1.62. The number of nitrogens with one attached hydrogen (secondary N) is 1. The van der Waals surface area contributed by atoms with Crippen molar-refractivity contribution in [2.75, 3.05) is 18.0 Å². The molecule has 0 aromatic carbocycles. The molecule has 0 atom stereocenters. The number of hydrogen-bond acceptors (Lipinski definition) is 4. The summed E-state index contributed by atoms with van der Waals surface area (Å²) in [5.74, 6) is 0.923. The number of carbonyl (C=O) groups excluding carboxylic acids is 1. The van der Waals surface area contributed by atoms with Gasteiger partial charge in [-0.2, -0.15) is 9.61 Å². The Bertz CT molecular complexity index is 698. The molecule has 4 rings (SSSR count). The van der Waals surface area contributed by atoms with Crippen molar-refractivity contribution >= 4 is 17.4 Å². The Morgan fingerprint density at radius 1 is 1.13 bits per heavy atom. The molecule has 23 heavy (non-hydrogen) atoms. The molecule has 2 aromatic heterocycles. The third-order valence-corrected chi connectivity index (χ3v) is 4.94. The summed E-state index contributed by atoms with van der Waals surface area (Å²) in [6.45, 7) is 2.03. The predicted molar refractivity (Wildman–Crippen MR) is 88.8 cm³/mol. The number of carbonyl (C=O) groups is 1. The zero-order valence-corrected chi connectivity index (χ0v) is 13.4. The van der Waals surface area contributed by atoms with Gasteiger partial charge in [0.05, 0.1) is 6.20 Å². The number of aromatic nitrogens is 3. The van der Waals surface area contributed by atoms with Crippen LogP contribution in [-0.2, 0) is 0 Å². The van der Waals surface area contributed by atoms with Gasteiger partial charge in [-0.25, -0.2) is 4.98 Å². The van der Waals surface area contributed by atoms with Gasteiger partial charge in [0, 0.05) is 31.3 Å². The monoisotopic (exact) mass is 313 g/mol. The van der Waals surface area contributed by atoms with Gasteiger partial charge in [-0.15, -0.1) is 0 Å². The Labute approximate surface area is 135 Å². The second-order valence-corrected chi connectivity index (χ2v) is 6.60. The lowest BCUT2D eigenvalue weighted by Crippen LogP contribution is -2.36. The van der Waals surface area contributed by atoms with Crippen LogP contribution in [-0.4, -0.2) is 39.6 Å². The second kappa shape index (κ2) is 6.18. The van der Waals surface area contributed by atoms with Crippen molar-refractivity contribution in [1.29, 1.82) is 0 Å². The molecule has 1 saturated carbocycles. The van der Waals surface area contributed by atoms with Crippen LogP contribution in [0.3, 0.4) is 0 Å². The van der Waals surface area contributed by atoms with Gasteiger partial charge in [-0.1, -0.05) is 19.3 Å². The third-order valence-electron chi connectivity index (χ3n) is 4.94. The molecular formula is C17H23N5O. The van der Waals surface area contributed by atoms with Crippen LogP contribution in [0.25, 0.3) is 5.65 Å². The largest absolute Gasteiger partial charge is 0.356 e. The lowest BCUT2D eigenvalue weighted by atomic mass is 9.95. The van der Waals surface area contributed by atoms with Gasteiger partial charge in [0.2, 0.25) is 0 Å². The molecule has 1 amide bonds. The number of rotatable bonds is 3. The zero-order valence-electron chi connectivity index (χ0n) is 13.4. The van der Waals surface area contributed by atoms with Crippen molar-refractivity contribution in [3.63, 3.8) is 0 Å². The number of anilines is 1. The van der Waals surface area contributed by atoms with E-state index in [1.54, 1.807) is 6.20 Å². The van der Waals surface area contributed by atoms with Crippen molar-refractivity contribution in [3.8, 4) is 0 Å². The van der Waals surface area contributed by atoms with Crippen LogP contribution in [0.1, 0.15) is 55.4 Å². The third kappa shape index (κ3) is 2.90. The van der Waals surface area contributed by atoms with E-state index in [2.05, 4.69) is 20.3 Å². The van der Waals surface area contributed by atoms with E-state index in [0.29, 0.717) is 11.7 Å². The summed E-state index contributed by atoms with van der Waals surface area (Å²) >= 11 is 0. The average Bonchev–Trinajstić information content (AvgIpc) is 3.26. The minimum Gasteiger partial charge on any atom is -0.356 e. The molecule has 6 nitrogen and oxygen atoms in total. The van der Waals surface area contributed by atoms with E-state index >= 15 is 0 Å². The smallest absolute Gasteiger partial charge is 0.270 e. The number of hydrogen-bond donors (Lipinski definition) is 1. The van der Waals surface area contributed by atoms with Gasteiger partial charge in [0.25, 0.3) is 5.91 Å². The van der Waals surface area contributed by atoms with Crippen molar-refractivity contribution in [2.24, 2.45) is 0 Å². The Morgan fingerprint density at radius 2 is 1.91 bits per heavy atom. The van der Waals surface area contributed by atoms with E-state index in [0.717, 1.165) is 37.4 Å². The minimum atomic E-state index is -0.0546. The molecule has 6 heteroatoms. The summed E-state index contributed by atoms with van der Waals surface area (Å²) < 4.78 is 1.84. The fraction of sp³-hybridized carbons (Fsp3) is 0.588. The highest BCUT2D eigenvalue weighted by Gasteiger charge is 2.21. The van der Waals surface area contributed by atoms with Crippen LogP contribution in [0.5, 0.6) is 0 Å². The normalized spacial score (nSPS) is 19.4. The van der Waals surface area contributed by atoms with E-state index in [1.165, 1.54) is 32.1 Å². The molecule has 122 valence electrons. The molecular weight excluding hydrogens is 290 g/mol. The summed E-state index contributed by atoms with van der Waals surface area (Å²) in [5, 5.41) is 7.52. The highest BCUT2D eigenvalue weighted by Crippen LogP contribution is 2.22. The van der Waals surface area contributed by atoms with Crippen LogP contribution >= 0.6 is 0 Å². The maximum Gasteiger partial charge on any atom is 0.270 e. The van der Waals surface area contributed by atoms with Crippen LogP contribution < -0.4 is 10.2 Å². The van der Waals surface area contributed by atoms with Gasteiger partial charge in [-0.05, 0) is 25.7 Å². The summed E-state index contributed by atoms with van der Waals surface area (Å²) in [6.07, 6.45) is 9.98. The second-order valence-electron chi connectivity index (χ2n) is 6.60. The molecule has 2 fully saturated rings. The van der Waals surface area contributed by atoms with Gasteiger partial charge in [-0.3, -0.25) is 4.79 Å². The predicted octanol–water partition coefficient (Wildman–Crippen LogP) is 2.39. The molecule has 0 unspecified atom stereocenters. The highest BCUT2D eigenvalue weighted by atomic mass is 16.1. The van der Waals surface area contributed by atoms with Crippen molar-refractivity contribution in [2.45, 2.75) is 51.0 Å². The molecule has 2 aliphatic rings. The zero-order chi connectivity index (χ0) is 15.6. The molecule has 1 saturated heterocycles. The molecule has 0 spiro atoms. The first-order valence-corrected chi connectivity index (χ1v) is 8.72. The molecule has 1 aliphatic heterocycles. The van der Waals surface area contributed by atoms with Gasteiger partial charge in [0.1, 0.15) is 11.5 Å². The maximum absolute atomic E-state index is 12.6. The highest BCUT2D eigenvalue weighted by molar-refractivity contribution is 5.93. The van der Waals surface area contributed by atoms with E-state index in [-0.39, 0.29) is 5.91 Å². The average molecular weight is 313 g/mol. The first kappa shape index (κ1) is 14.5. The summed E-state index contributed by atoms with van der Waals surface area (Å²) in [5.41, 5.74) is 1.24. The summed E-state index contributed by atoms with van der Waals surface area (Å²) in [6, 6.07) is 4.05. The lowest BCUT2D eigenvalue weighted by molar-refractivity contribution is 0.0923. The van der Waals surface area contributed by atoms with E-state index in [1.807, 2.05) is 16.6 Å². The molecule has 2 aromatic rings. The van der Waals surface area contributed by atoms with E-state index in [9.17, 15) is 4.79 Å². The fourth-order valence-corrected chi connectivity index (χ4v) is 3.69. The number of fused-ring (bicyclic) bond motifs is 1. The Kier molecular flexibility index (Phi) is 3.89. The van der Waals surface area contributed by atoms with Gasteiger partial charge in [0.15, 0.2) is 5.65 Å². The summed E-state index contributed by atoms with van der Waals surface area (Å²) in [4.78, 5) is 19.4. The van der Waals surface area contributed by atoms with Crippen molar-refractivity contribution in [1.82, 2.24) is 19.9 Å². The first-order chi connectivity index (χ1) is 11.3. The van der Waals surface area contributed by atoms with Crippen molar-refractivity contribution < 1.29 is 4.79 Å². The van der Waals surface area contributed by atoms with E-state index in [4.69, 9.17) is 0 Å². The van der Waals surface area contributed by atoms with Crippen LogP contribution in [0.4, 0.5) is 5.82 Å². The maximum atomic E-state index is 12.6. The Hall–Kier alpha value is -2.11. The van der Waals surface area contributed by atoms with E-state index < -0.39 is 0 Å². The van der Waals surface area contributed by atoms with Crippen LogP contribution in [0.2, 0.25) is 0 Å². The Morgan fingerprint density at radius 3 is 2.70 bits per heavy atom. The van der Waals surface area contributed by atoms with Gasteiger partial charge < -0.3 is 10.2 Å². The molecule has 0 bridgehead atoms. The van der Waals surface area contributed by atoms with Gasteiger partial charge >= 0.3 is 0 Å². The first-order valence-electron chi connectivity index (χ1n) is 8.72. The molecule has 1 aliphatic carbocycles. The van der Waals surface area contributed by atoms with Crippen LogP contribution in [0.15, 0.2) is 18.3 Å². The van der Waals surface area contributed by atoms with Crippen molar-refractivity contribution in [3.05, 3.63) is 24.0 Å². The topological polar surface area (TPSA) is 62.5 Å². The quantitative estimate of drug-likeness (QED) is 0.945. The molecule has 1 N–H and O–H groups in total. The van der Waals surface area contributed by atoms with Crippen LogP contribution in [0, 0.1) is 0 Å². The summed E-state index contributed by atoms with van der Waals surface area (Å²) in [7, 11) is 0. The molecule has 0 radical (unpaired) electrons. The number of amides is 1. The minimum absolute atomic E-state index is 0.0546. The lowest BCUT2D eigenvalue weighted by Gasteiger charge is -2.23. The molecule has 3 heterocycles.